The molecule has 0 unspecified atom stereocenters. The number of hydrogen-bond acceptors (Lipinski definition) is 7. The summed E-state index contributed by atoms with van der Waals surface area (Å²) < 4.78 is 14.2. The minimum atomic E-state index is -0.865. The van der Waals surface area contributed by atoms with Crippen molar-refractivity contribution in [1.29, 1.82) is 0 Å². The number of fused-ring (bicyclic) bond motifs is 1. The maximum atomic E-state index is 11.7. The summed E-state index contributed by atoms with van der Waals surface area (Å²) in [5, 5.41) is 18.9. The fourth-order valence-electron chi connectivity index (χ4n) is 1.66. The molecule has 2 N–H and O–H groups in total. The molecule has 2 aromatic rings. The smallest absolute Gasteiger partial charge is 0.374 e. The van der Waals surface area contributed by atoms with Gasteiger partial charge in [0.15, 0.2) is 11.5 Å². The minimum Gasteiger partial charge on any atom is -0.504 e. The maximum Gasteiger partial charge on any atom is 0.374 e. The van der Waals surface area contributed by atoms with Crippen molar-refractivity contribution >= 4 is 22.9 Å². The van der Waals surface area contributed by atoms with Gasteiger partial charge in [-0.15, -0.1) is 0 Å². The van der Waals surface area contributed by atoms with Crippen molar-refractivity contribution in [2.75, 3.05) is 14.2 Å². The fourth-order valence-corrected chi connectivity index (χ4v) is 1.66. The molecule has 1 aromatic carbocycles. The van der Waals surface area contributed by atoms with Crippen LogP contribution in [0.4, 0.5) is 0 Å². The van der Waals surface area contributed by atoms with Gasteiger partial charge in [0.2, 0.25) is 5.76 Å². The third kappa shape index (κ3) is 1.95. The summed E-state index contributed by atoms with van der Waals surface area (Å²) >= 11 is 0. The predicted molar refractivity (Wildman–Crippen MR) is 62.2 cm³/mol. The zero-order valence-corrected chi connectivity index (χ0v) is 10.1. The van der Waals surface area contributed by atoms with Crippen LogP contribution in [0.15, 0.2) is 16.5 Å². The van der Waals surface area contributed by atoms with Gasteiger partial charge in [-0.05, 0) is 6.07 Å². The third-order valence-corrected chi connectivity index (χ3v) is 2.55. The van der Waals surface area contributed by atoms with E-state index in [1.54, 1.807) is 0 Å². The number of rotatable bonds is 2. The standard InChI is InChI=1S/C12H10O7/c1-17-11(15)9-5-3-6(13)7(14)4-8(5)19-10(9)12(16)18-2/h3-4,13-14H,1-2H3. The Labute approximate surface area is 107 Å². The van der Waals surface area contributed by atoms with E-state index in [4.69, 9.17) is 4.42 Å². The lowest BCUT2D eigenvalue weighted by molar-refractivity contribution is 0.0531. The Morgan fingerprint density at radius 2 is 1.63 bits per heavy atom. The molecular weight excluding hydrogens is 256 g/mol. The first-order valence-electron chi connectivity index (χ1n) is 5.14. The number of ether oxygens (including phenoxy) is 2. The van der Waals surface area contributed by atoms with E-state index < -0.39 is 23.4 Å². The number of benzene rings is 1. The fraction of sp³-hybridized carbons (Fsp3) is 0.167. The quantitative estimate of drug-likeness (QED) is 0.625. The summed E-state index contributed by atoms with van der Waals surface area (Å²) in [6, 6.07) is 2.19. The van der Waals surface area contributed by atoms with Gasteiger partial charge in [-0.1, -0.05) is 0 Å². The topological polar surface area (TPSA) is 106 Å². The number of hydrogen-bond donors (Lipinski definition) is 2. The summed E-state index contributed by atoms with van der Waals surface area (Å²) in [6.45, 7) is 0. The zero-order valence-electron chi connectivity index (χ0n) is 10.1. The average Bonchev–Trinajstić information content (AvgIpc) is 2.76. The molecular formula is C12H10O7. The van der Waals surface area contributed by atoms with Crippen LogP contribution in [0.5, 0.6) is 11.5 Å². The molecule has 100 valence electrons. The first-order chi connectivity index (χ1) is 8.99. The number of esters is 2. The normalized spacial score (nSPS) is 10.4. The van der Waals surface area contributed by atoms with Crippen molar-refractivity contribution in [2.45, 2.75) is 0 Å². The SMILES string of the molecule is COC(=O)c1oc2cc(O)c(O)cc2c1C(=O)OC. The van der Waals surface area contributed by atoms with E-state index in [9.17, 15) is 19.8 Å². The van der Waals surface area contributed by atoms with Crippen molar-refractivity contribution in [2.24, 2.45) is 0 Å². The van der Waals surface area contributed by atoms with Crippen LogP contribution in [0.1, 0.15) is 20.9 Å². The maximum absolute atomic E-state index is 11.7. The second kappa shape index (κ2) is 4.52. The highest BCUT2D eigenvalue weighted by molar-refractivity contribution is 6.11. The second-order valence-corrected chi connectivity index (χ2v) is 3.63. The van der Waals surface area contributed by atoms with Crippen molar-refractivity contribution in [3.63, 3.8) is 0 Å². The Balaban J connectivity index is 2.81. The number of carbonyl (C=O) groups is 2. The van der Waals surface area contributed by atoms with E-state index in [2.05, 4.69) is 9.47 Å². The van der Waals surface area contributed by atoms with Gasteiger partial charge in [0, 0.05) is 11.5 Å². The molecule has 0 amide bonds. The van der Waals surface area contributed by atoms with Crippen LogP contribution in [-0.2, 0) is 9.47 Å². The molecule has 0 atom stereocenters. The lowest BCUT2D eigenvalue weighted by Crippen LogP contribution is -2.09. The highest BCUT2D eigenvalue weighted by Crippen LogP contribution is 2.35. The molecule has 0 saturated carbocycles. The highest BCUT2D eigenvalue weighted by atomic mass is 16.5. The first-order valence-corrected chi connectivity index (χ1v) is 5.14. The minimum absolute atomic E-state index is 0.0519. The van der Waals surface area contributed by atoms with Crippen LogP contribution in [0.25, 0.3) is 11.0 Å². The van der Waals surface area contributed by atoms with Gasteiger partial charge in [0.05, 0.1) is 14.2 Å². The molecule has 0 saturated heterocycles. The van der Waals surface area contributed by atoms with Crippen molar-refractivity contribution in [3.8, 4) is 11.5 Å². The van der Waals surface area contributed by atoms with Crippen LogP contribution in [0.3, 0.4) is 0 Å². The van der Waals surface area contributed by atoms with E-state index in [1.165, 1.54) is 0 Å². The van der Waals surface area contributed by atoms with Gasteiger partial charge < -0.3 is 24.1 Å². The predicted octanol–water partition coefficient (Wildman–Crippen LogP) is 1.42. The largest absolute Gasteiger partial charge is 0.504 e. The molecule has 1 heterocycles. The molecule has 0 aliphatic rings. The Kier molecular flexibility index (Phi) is 3.04. The van der Waals surface area contributed by atoms with Gasteiger partial charge in [0.25, 0.3) is 0 Å². The van der Waals surface area contributed by atoms with E-state index in [0.717, 1.165) is 26.4 Å². The molecule has 2 rings (SSSR count). The van der Waals surface area contributed by atoms with E-state index >= 15 is 0 Å². The highest BCUT2D eigenvalue weighted by Gasteiger charge is 2.28. The average molecular weight is 266 g/mol. The summed E-state index contributed by atoms with van der Waals surface area (Å²) in [5.41, 5.74) is -0.115. The Morgan fingerprint density at radius 1 is 1.05 bits per heavy atom. The number of carbonyl (C=O) groups excluding carboxylic acids is 2. The van der Waals surface area contributed by atoms with Crippen LogP contribution >= 0.6 is 0 Å². The monoisotopic (exact) mass is 266 g/mol. The van der Waals surface area contributed by atoms with Crippen LogP contribution in [0.2, 0.25) is 0 Å². The molecule has 0 spiro atoms. The van der Waals surface area contributed by atoms with Gasteiger partial charge >= 0.3 is 11.9 Å². The number of phenols is 2. The number of aromatic hydroxyl groups is 2. The van der Waals surface area contributed by atoms with E-state index in [-0.39, 0.29) is 22.3 Å². The lowest BCUT2D eigenvalue weighted by Gasteiger charge is -2.00. The molecule has 7 heteroatoms. The molecule has 0 aliphatic carbocycles. The molecule has 0 radical (unpaired) electrons. The molecule has 19 heavy (non-hydrogen) atoms. The lowest BCUT2D eigenvalue weighted by atomic mass is 10.1. The molecule has 1 aromatic heterocycles. The third-order valence-electron chi connectivity index (χ3n) is 2.55. The summed E-state index contributed by atoms with van der Waals surface area (Å²) in [5.74, 6) is -2.92. The van der Waals surface area contributed by atoms with Crippen molar-refractivity contribution < 1.29 is 33.7 Å². The summed E-state index contributed by atoms with van der Waals surface area (Å²) in [6.07, 6.45) is 0. The van der Waals surface area contributed by atoms with Crippen LogP contribution in [-0.4, -0.2) is 36.4 Å². The van der Waals surface area contributed by atoms with Gasteiger partial charge in [0.1, 0.15) is 11.1 Å². The van der Waals surface area contributed by atoms with E-state index in [1.807, 2.05) is 0 Å². The van der Waals surface area contributed by atoms with Crippen LogP contribution in [0, 0.1) is 0 Å². The summed E-state index contributed by atoms with van der Waals surface area (Å²) in [7, 11) is 2.27. The Hall–Kier alpha value is -2.70. The molecule has 0 bridgehead atoms. The number of furan rings is 1. The van der Waals surface area contributed by atoms with Gasteiger partial charge in [-0.3, -0.25) is 0 Å². The molecule has 0 aliphatic heterocycles. The van der Waals surface area contributed by atoms with Gasteiger partial charge in [-0.2, -0.15) is 0 Å². The zero-order chi connectivity index (χ0) is 14.2. The Bertz CT molecular complexity index is 668. The van der Waals surface area contributed by atoms with Crippen LogP contribution < -0.4 is 0 Å². The summed E-state index contributed by atoms with van der Waals surface area (Å²) in [4.78, 5) is 23.2. The van der Waals surface area contributed by atoms with E-state index in [0.29, 0.717) is 0 Å². The number of methoxy groups -OCH3 is 2. The van der Waals surface area contributed by atoms with Gasteiger partial charge in [-0.25, -0.2) is 9.59 Å². The number of phenolic OH excluding ortho intramolecular Hbond substituents is 2. The van der Waals surface area contributed by atoms with Crippen molar-refractivity contribution in [1.82, 2.24) is 0 Å². The van der Waals surface area contributed by atoms with Crippen molar-refractivity contribution in [3.05, 3.63) is 23.5 Å². The second-order valence-electron chi connectivity index (χ2n) is 3.63. The molecule has 0 fully saturated rings. The Morgan fingerprint density at radius 3 is 2.21 bits per heavy atom. The molecule has 7 nitrogen and oxygen atoms in total. The first kappa shape index (κ1) is 12.7.